The van der Waals surface area contributed by atoms with Gasteiger partial charge in [0.1, 0.15) is 48.0 Å². The molecule has 3 rings (SSSR count). The lowest BCUT2D eigenvalue weighted by Gasteiger charge is -2.31. The Balaban J connectivity index is 2.02. The predicted molar refractivity (Wildman–Crippen MR) is 248 cm³/mol. The molecule has 0 aliphatic carbocycles. The van der Waals surface area contributed by atoms with Crippen LogP contribution >= 0.6 is 21.6 Å². The Kier molecular flexibility index (Phi) is 23.0. The molecule has 2 aliphatic rings. The Morgan fingerprint density at radius 3 is 2.09 bits per heavy atom. The van der Waals surface area contributed by atoms with Gasteiger partial charge >= 0.3 is 5.97 Å². The maximum Gasteiger partial charge on any atom is 0.303 e. The van der Waals surface area contributed by atoms with E-state index in [0.717, 1.165) is 26.5 Å². The first-order valence-corrected chi connectivity index (χ1v) is 24.6. The van der Waals surface area contributed by atoms with Crippen molar-refractivity contribution in [1.29, 1.82) is 0 Å². The summed E-state index contributed by atoms with van der Waals surface area (Å²) in [6, 6.07) is -4.23. The first-order valence-electron chi connectivity index (χ1n) is 22.1. The van der Waals surface area contributed by atoms with Crippen molar-refractivity contribution in [2.24, 2.45) is 23.1 Å². The second kappa shape index (κ2) is 28.0. The quantitative estimate of drug-likeness (QED) is 0.0629. The summed E-state index contributed by atoms with van der Waals surface area (Å²) >= 11 is 0. The number of primary amides is 3. The van der Waals surface area contributed by atoms with E-state index >= 15 is 0 Å². The van der Waals surface area contributed by atoms with E-state index in [9.17, 15) is 67.7 Å². The number of hydrogen-bond donors (Lipinski definition) is 12. The van der Waals surface area contributed by atoms with Gasteiger partial charge in [-0.15, -0.1) is 0 Å². The van der Waals surface area contributed by atoms with Crippen LogP contribution in [0, 0.1) is 5.92 Å². The highest BCUT2D eigenvalue weighted by molar-refractivity contribution is 8.76. The lowest BCUT2D eigenvalue weighted by atomic mass is 9.96. The van der Waals surface area contributed by atoms with Crippen LogP contribution in [0.5, 0.6) is 5.75 Å². The van der Waals surface area contributed by atoms with Crippen LogP contribution in [-0.2, 0) is 64.0 Å². The summed E-state index contributed by atoms with van der Waals surface area (Å²) in [4.78, 5) is 158. The van der Waals surface area contributed by atoms with Crippen LogP contribution in [0.15, 0.2) is 24.3 Å². The molecule has 2 fully saturated rings. The number of nitrogens with one attached hydrogen (secondary N) is 7. The van der Waals surface area contributed by atoms with E-state index in [1.165, 1.54) is 12.1 Å². The van der Waals surface area contributed by atoms with E-state index in [-0.39, 0.29) is 55.9 Å². The molecule has 11 amide bonds. The van der Waals surface area contributed by atoms with Crippen molar-refractivity contribution in [2.75, 3.05) is 24.6 Å². The number of carboxylic acids is 1. The number of amides is 11. The second-order valence-corrected chi connectivity index (χ2v) is 19.1. The smallest absolute Gasteiger partial charge is 0.303 e. The molecule has 1 aromatic carbocycles. The summed E-state index contributed by atoms with van der Waals surface area (Å²) in [5.41, 5.74) is 16.5. The summed E-state index contributed by atoms with van der Waals surface area (Å²) < 4.78 is 0. The van der Waals surface area contributed by atoms with Gasteiger partial charge in [0.05, 0.1) is 13.0 Å². The van der Waals surface area contributed by atoms with Gasteiger partial charge in [-0.2, -0.15) is 0 Å². The summed E-state index contributed by atoms with van der Waals surface area (Å²) in [7, 11) is 2.14. The third kappa shape index (κ3) is 19.1. The number of benzene rings is 1. The zero-order valence-electron chi connectivity index (χ0n) is 38.1. The molecule has 0 radical (unpaired) electrons. The number of aliphatic carboxylic acids is 1. The Hall–Kier alpha value is -6.64. The van der Waals surface area contributed by atoms with Crippen LogP contribution in [0.4, 0.5) is 0 Å². The maximum atomic E-state index is 14.4. The van der Waals surface area contributed by atoms with Crippen LogP contribution in [-0.4, -0.2) is 153 Å². The van der Waals surface area contributed by atoms with Crippen molar-refractivity contribution >= 4 is 92.5 Å². The van der Waals surface area contributed by atoms with Crippen LogP contribution in [0.2, 0.25) is 0 Å². The number of phenolic OH excluding ortho intramolecular Hbond substituents is 1. The molecular weight excluding hydrogens is 947 g/mol. The largest absolute Gasteiger partial charge is 0.508 e. The molecule has 0 spiro atoms. The van der Waals surface area contributed by atoms with Crippen LogP contribution in [0.25, 0.3) is 0 Å². The zero-order valence-corrected chi connectivity index (χ0v) is 39.7. The highest BCUT2D eigenvalue weighted by Gasteiger charge is 2.41. The normalized spacial score (nSPS) is 23.0. The number of phenols is 1. The minimum atomic E-state index is -1.78. The second-order valence-electron chi connectivity index (χ2n) is 16.4. The first-order chi connectivity index (χ1) is 32.6. The van der Waals surface area contributed by atoms with Crippen molar-refractivity contribution in [3.05, 3.63) is 29.8 Å². The number of nitrogens with zero attached hydrogens (tertiary/aromatic N) is 1. The lowest BCUT2D eigenvalue weighted by molar-refractivity contribution is -0.142. The number of carbonyl (C=O) groups excluding carboxylic acids is 11. The molecule has 8 atom stereocenters. The number of carbonyl (C=O) groups is 12. The van der Waals surface area contributed by atoms with Gasteiger partial charge in [0.15, 0.2) is 0 Å². The number of carboxylic acid groups (broad SMARTS) is 1. The number of likely N-dealkylation sites (tertiary alicyclic amines) is 1. The summed E-state index contributed by atoms with van der Waals surface area (Å²) in [5.74, 6) is -11.8. The highest BCUT2D eigenvalue weighted by Crippen LogP contribution is 2.26. The van der Waals surface area contributed by atoms with E-state index in [2.05, 4.69) is 37.2 Å². The lowest BCUT2D eigenvalue weighted by Crippen LogP contribution is -2.61. The topological polar surface area (TPSA) is 411 Å². The standard InChI is InChI=1S/C42H61N11O14S2/c1-3-21(2)35-41(66)49-25(10-12-30(43)55)37(62)50-27(18-31(44)56)38(63)51-28(20-69-68-16-14-33(58)47-26(39(64)52-35)17-22-6-8-23(54)9-7-22)42(67)53-15-4-5-29(53)40(65)48-24(11-13-34(59)60)36(61)46-19-32(45)57/h6-9,21,24-29,35,54H,3-5,10-20H2,1-2H3,(H2,43,55)(H2,44,56)(H2,45,57)(H,46,61)(H,47,58)(H,48,65)(H,49,66)(H,50,62)(H,51,63)(H,52,64)(H,59,60)/t21-,24-,25-,26-,27-,28-,29-,35-/m0/s1. The van der Waals surface area contributed by atoms with Crippen LogP contribution < -0.4 is 54.4 Å². The van der Waals surface area contributed by atoms with Crippen LogP contribution in [0.3, 0.4) is 0 Å². The molecule has 380 valence electrons. The molecule has 0 saturated carbocycles. The van der Waals surface area contributed by atoms with Gasteiger partial charge in [0, 0.05) is 43.7 Å². The number of hydrogen-bond acceptors (Lipinski definition) is 15. The molecule has 0 unspecified atom stereocenters. The summed E-state index contributed by atoms with van der Waals surface area (Å²) in [6.45, 7) is 2.77. The van der Waals surface area contributed by atoms with Crippen LogP contribution in [0.1, 0.15) is 77.2 Å². The Bertz CT molecular complexity index is 2080. The molecule has 69 heavy (non-hydrogen) atoms. The summed E-state index contributed by atoms with van der Waals surface area (Å²) in [6.07, 6.45) is -2.14. The zero-order chi connectivity index (χ0) is 51.4. The van der Waals surface area contributed by atoms with E-state index in [0.29, 0.717) is 12.0 Å². The average Bonchev–Trinajstić information content (AvgIpc) is 3.79. The van der Waals surface area contributed by atoms with Gasteiger partial charge in [0.25, 0.3) is 0 Å². The first kappa shape index (κ1) is 56.7. The molecule has 0 bridgehead atoms. The average molecular weight is 1010 g/mol. The Morgan fingerprint density at radius 1 is 0.812 bits per heavy atom. The van der Waals surface area contributed by atoms with Gasteiger partial charge < -0.3 is 69.5 Å². The van der Waals surface area contributed by atoms with Gasteiger partial charge in [-0.25, -0.2) is 0 Å². The maximum absolute atomic E-state index is 14.4. The van der Waals surface area contributed by atoms with E-state index < -0.39 is 151 Å². The predicted octanol–water partition coefficient (Wildman–Crippen LogP) is -3.73. The Morgan fingerprint density at radius 2 is 1.46 bits per heavy atom. The highest BCUT2D eigenvalue weighted by atomic mass is 33.1. The van der Waals surface area contributed by atoms with Gasteiger partial charge in [-0.3, -0.25) is 57.5 Å². The third-order valence-electron chi connectivity index (χ3n) is 11.1. The molecule has 25 nitrogen and oxygen atoms in total. The van der Waals surface area contributed by atoms with Gasteiger partial charge in [-0.05, 0) is 49.3 Å². The minimum Gasteiger partial charge on any atom is -0.508 e. The van der Waals surface area contributed by atoms with Crippen molar-refractivity contribution in [2.45, 2.75) is 120 Å². The molecule has 15 N–H and O–H groups in total. The molecule has 2 heterocycles. The van der Waals surface area contributed by atoms with E-state index in [4.69, 9.17) is 17.2 Å². The fraction of sp³-hybridized carbons (Fsp3) is 0.571. The molecular formula is C42H61N11O14S2. The molecule has 2 saturated heterocycles. The van der Waals surface area contributed by atoms with Gasteiger partial charge in [-0.1, -0.05) is 54.0 Å². The van der Waals surface area contributed by atoms with Crippen molar-refractivity contribution in [3.8, 4) is 5.75 Å². The third-order valence-corrected chi connectivity index (χ3v) is 13.5. The molecule has 1 aromatic rings. The number of rotatable bonds is 18. The van der Waals surface area contributed by atoms with Crippen molar-refractivity contribution in [1.82, 2.24) is 42.1 Å². The molecule has 27 heteroatoms. The fourth-order valence-electron chi connectivity index (χ4n) is 7.16. The van der Waals surface area contributed by atoms with Crippen molar-refractivity contribution in [3.63, 3.8) is 0 Å². The number of nitrogens with two attached hydrogens (primary N) is 3. The number of aromatic hydroxyl groups is 1. The minimum absolute atomic E-state index is 0.0197. The SMILES string of the molecule is CC[C@H](C)[C@@H]1NC(=O)[C@H](Cc2ccc(O)cc2)NC(=O)CCSSC[C@@H](C(=O)N2CCC[C@H]2C(=O)N[C@@H](CCC(=O)O)C(=O)NCC(N)=O)NC(=O)[C@H](CC(N)=O)NC(=O)[C@H](CCC(N)=O)NC1=O. The summed E-state index contributed by atoms with van der Waals surface area (Å²) in [5, 5.41) is 36.5. The van der Waals surface area contributed by atoms with E-state index in [1.54, 1.807) is 26.0 Å². The molecule has 0 aromatic heterocycles. The monoisotopic (exact) mass is 1010 g/mol. The Labute approximate surface area is 404 Å². The van der Waals surface area contributed by atoms with E-state index in [1.807, 2.05) is 0 Å². The van der Waals surface area contributed by atoms with Gasteiger partial charge in [0.2, 0.25) is 65.0 Å². The molecule has 2 aliphatic heterocycles. The van der Waals surface area contributed by atoms with Crippen molar-refractivity contribution < 1.29 is 67.7 Å². The fourth-order valence-corrected chi connectivity index (χ4v) is 9.31.